The second kappa shape index (κ2) is 3.55. The summed E-state index contributed by atoms with van der Waals surface area (Å²) in [5.74, 6) is 0.154. The lowest BCUT2D eigenvalue weighted by atomic mass is 10.3. The van der Waals surface area contributed by atoms with Crippen LogP contribution in [0.15, 0.2) is 24.0 Å². The van der Waals surface area contributed by atoms with Crippen molar-refractivity contribution in [1.29, 1.82) is 0 Å². The van der Waals surface area contributed by atoms with Gasteiger partial charge in [-0.3, -0.25) is 0 Å². The van der Waals surface area contributed by atoms with Crippen LogP contribution in [0.25, 0.3) is 0 Å². The lowest BCUT2D eigenvalue weighted by Gasteiger charge is -2.07. The Morgan fingerprint density at radius 2 is 2.50 bits per heavy atom. The Kier molecular flexibility index (Phi) is 2.39. The summed E-state index contributed by atoms with van der Waals surface area (Å²) in [6.45, 7) is 0.602. The van der Waals surface area contributed by atoms with Gasteiger partial charge in [-0.15, -0.1) is 0 Å². The fraction of sp³-hybridized carbons (Fsp3) is 0.375. The zero-order chi connectivity index (χ0) is 10.0. The molecule has 0 saturated heterocycles. The molecular formula is C8H11N3O2S. The molecule has 0 aliphatic carbocycles. The van der Waals surface area contributed by atoms with Crippen LogP contribution in [0, 0.1) is 0 Å². The Labute approximate surface area is 82.2 Å². The molecule has 1 aliphatic rings. The van der Waals surface area contributed by atoms with Gasteiger partial charge in [0, 0.05) is 29.9 Å². The number of hydrogen-bond donors (Lipinski definition) is 2. The summed E-state index contributed by atoms with van der Waals surface area (Å²) in [6.07, 6.45) is 4.98. The van der Waals surface area contributed by atoms with Crippen LogP contribution in [0.2, 0.25) is 0 Å². The Balaban J connectivity index is 1.87. The standard InChI is InChI=1S/C8H11N3O2S/c12-14(13)2-1-7(5-14)10-4-8-3-9-6-11-8/h1-3,6-7,10H,4-5H2,(H,9,11). The first kappa shape index (κ1) is 9.42. The van der Waals surface area contributed by atoms with Crippen molar-refractivity contribution in [2.75, 3.05) is 5.75 Å². The van der Waals surface area contributed by atoms with E-state index in [9.17, 15) is 8.42 Å². The molecule has 5 nitrogen and oxygen atoms in total. The number of H-pyrrole nitrogens is 1. The predicted molar refractivity (Wildman–Crippen MR) is 52.1 cm³/mol. The highest BCUT2D eigenvalue weighted by Crippen LogP contribution is 2.08. The van der Waals surface area contributed by atoms with E-state index in [1.165, 1.54) is 5.41 Å². The zero-order valence-electron chi connectivity index (χ0n) is 7.47. The van der Waals surface area contributed by atoms with Gasteiger partial charge < -0.3 is 10.3 Å². The number of sulfone groups is 1. The third kappa shape index (κ3) is 2.21. The highest BCUT2D eigenvalue weighted by Gasteiger charge is 2.20. The second-order valence-corrected chi connectivity index (χ2v) is 5.15. The van der Waals surface area contributed by atoms with E-state index in [0.29, 0.717) is 6.54 Å². The molecular weight excluding hydrogens is 202 g/mol. The van der Waals surface area contributed by atoms with E-state index in [-0.39, 0.29) is 11.8 Å². The molecule has 1 aromatic rings. The molecule has 0 fully saturated rings. The summed E-state index contributed by atoms with van der Waals surface area (Å²) >= 11 is 0. The lowest BCUT2D eigenvalue weighted by molar-refractivity contribution is 0.588. The van der Waals surface area contributed by atoms with Gasteiger partial charge >= 0.3 is 0 Å². The van der Waals surface area contributed by atoms with Gasteiger partial charge in [-0.1, -0.05) is 6.08 Å². The summed E-state index contributed by atoms with van der Waals surface area (Å²) in [5, 5.41) is 4.36. The molecule has 1 unspecified atom stereocenters. The number of aromatic nitrogens is 2. The predicted octanol–water partition coefficient (Wildman–Crippen LogP) is -0.190. The number of imidazole rings is 1. The van der Waals surface area contributed by atoms with Crippen molar-refractivity contribution in [2.24, 2.45) is 0 Å². The van der Waals surface area contributed by atoms with Crippen LogP contribution >= 0.6 is 0 Å². The van der Waals surface area contributed by atoms with Crippen LogP contribution < -0.4 is 5.32 Å². The van der Waals surface area contributed by atoms with E-state index in [1.807, 2.05) is 0 Å². The minimum Gasteiger partial charge on any atom is -0.347 e. The molecule has 1 aliphatic heterocycles. The lowest BCUT2D eigenvalue weighted by Crippen LogP contribution is -2.29. The summed E-state index contributed by atoms with van der Waals surface area (Å²) in [5.41, 5.74) is 0.947. The molecule has 6 heteroatoms. The van der Waals surface area contributed by atoms with Gasteiger partial charge in [-0.2, -0.15) is 0 Å². The number of aromatic amines is 1. The molecule has 0 amide bonds. The van der Waals surface area contributed by atoms with Gasteiger partial charge in [0.15, 0.2) is 9.84 Å². The summed E-state index contributed by atoms with van der Waals surface area (Å²) in [4.78, 5) is 6.80. The quantitative estimate of drug-likeness (QED) is 0.729. The van der Waals surface area contributed by atoms with E-state index >= 15 is 0 Å². The molecule has 14 heavy (non-hydrogen) atoms. The SMILES string of the molecule is O=S1(=O)C=CC(NCc2cnc[nH]2)C1. The van der Waals surface area contributed by atoms with Gasteiger partial charge in [0.05, 0.1) is 12.1 Å². The monoisotopic (exact) mass is 213 g/mol. The normalized spacial score (nSPS) is 24.1. The average molecular weight is 213 g/mol. The van der Waals surface area contributed by atoms with E-state index in [2.05, 4.69) is 15.3 Å². The third-order valence-electron chi connectivity index (χ3n) is 2.04. The maximum absolute atomic E-state index is 11.1. The number of nitrogens with zero attached hydrogens (tertiary/aromatic N) is 1. The van der Waals surface area contributed by atoms with Crippen LogP contribution in [-0.4, -0.2) is 30.2 Å². The van der Waals surface area contributed by atoms with Crippen molar-refractivity contribution in [3.8, 4) is 0 Å². The molecule has 0 saturated carbocycles. The van der Waals surface area contributed by atoms with Crippen molar-refractivity contribution in [2.45, 2.75) is 12.6 Å². The number of hydrogen-bond acceptors (Lipinski definition) is 4. The summed E-state index contributed by atoms with van der Waals surface area (Å²) in [7, 11) is -2.96. The minimum absolute atomic E-state index is 0.0803. The zero-order valence-corrected chi connectivity index (χ0v) is 8.29. The minimum atomic E-state index is -2.96. The van der Waals surface area contributed by atoms with Crippen molar-refractivity contribution in [3.63, 3.8) is 0 Å². The molecule has 1 atom stereocenters. The summed E-state index contributed by atoms with van der Waals surface area (Å²) in [6, 6.07) is -0.0803. The number of rotatable bonds is 3. The van der Waals surface area contributed by atoms with E-state index in [1.54, 1.807) is 18.6 Å². The van der Waals surface area contributed by atoms with Gasteiger partial charge in [-0.25, -0.2) is 13.4 Å². The fourth-order valence-electron chi connectivity index (χ4n) is 1.33. The fourth-order valence-corrected chi connectivity index (χ4v) is 2.60. The Bertz CT molecular complexity index is 421. The maximum atomic E-state index is 11.1. The third-order valence-corrected chi connectivity index (χ3v) is 3.44. The van der Waals surface area contributed by atoms with Gasteiger partial charge in [0.1, 0.15) is 0 Å². The molecule has 0 spiro atoms. The molecule has 0 radical (unpaired) electrons. The Morgan fingerprint density at radius 1 is 1.64 bits per heavy atom. The highest BCUT2D eigenvalue weighted by atomic mass is 32.2. The topological polar surface area (TPSA) is 74.8 Å². The molecule has 2 heterocycles. The van der Waals surface area contributed by atoms with Crippen LogP contribution in [0.1, 0.15) is 5.69 Å². The highest BCUT2D eigenvalue weighted by molar-refractivity contribution is 7.94. The molecule has 76 valence electrons. The number of nitrogens with one attached hydrogen (secondary N) is 2. The van der Waals surface area contributed by atoms with Gasteiger partial charge in [-0.05, 0) is 0 Å². The molecule has 0 aromatic carbocycles. The van der Waals surface area contributed by atoms with Crippen molar-refractivity contribution < 1.29 is 8.42 Å². The maximum Gasteiger partial charge on any atom is 0.173 e. The largest absolute Gasteiger partial charge is 0.347 e. The first-order valence-electron chi connectivity index (χ1n) is 4.27. The van der Waals surface area contributed by atoms with Gasteiger partial charge in [0.2, 0.25) is 0 Å². The Morgan fingerprint density at radius 3 is 3.07 bits per heavy atom. The Hall–Kier alpha value is -1.14. The second-order valence-electron chi connectivity index (χ2n) is 3.22. The summed E-state index contributed by atoms with van der Waals surface area (Å²) < 4.78 is 22.1. The van der Waals surface area contributed by atoms with Gasteiger partial charge in [0.25, 0.3) is 0 Å². The van der Waals surface area contributed by atoms with Crippen LogP contribution in [-0.2, 0) is 16.4 Å². The van der Waals surface area contributed by atoms with Crippen LogP contribution in [0.3, 0.4) is 0 Å². The van der Waals surface area contributed by atoms with Crippen molar-refractivity contribution in [1.82, 2.24) is 15.3 Å². The first-order chi connectivity index (χ1) is 6.66. The molecule has 0 bridgehead atoms. The van der Waals surface area contributed by atoms with Crippen molar-refractivity contribution in [3.05, 3.63) is 29.7 Å². The van der Waals surface area contributed by atoms with Crippen molar-refractivity contribution >= 4 is 9.84 Å². The van der Waals surface area contributed by atoms with E-state index in [0.717, 1.165) is 5.69 Å². The van der Waals surface area contributed by atoms with Crippen LogP contribution in [0.4, 0.5) is 0 Å². The smallest absolute Gasteiger partial charge is 0.173 e. The average Bonchev–Trinajstić information content (AvgIpc) is 2.70. The van der Waals surface area contributed by atoms with E-state index < -0.39 is 9.84 Å². The molecule has 2 rings (SSSR count). The molecule has 2 N–H and O–H groups in total. The van der Waals surface area contributed by atoms with E-state index in [4.69, 9.17) is 0 Å². The molecule has 1 aromatic heterocycles. The first-order valence-corrected chi connectivity index (χ1v) is 5.99. The van der Waals surface area contributed by atoms with Crippen LogP contribution in [0.5, 0.6) is 0 Å².